The quantitative estimate of drug-likeness (QED) is 0.712. The Hall–Kier alpha value is -2.20. The van der Waals surface area contributed by atoms with Crippen molar-refractivity contribution in [3.05, 3.63) is 52.3 Å². The number of nitrogens with zero attached hydrogens (tertiary/aromatic N) is 2. The first-order valence-electron chi connectivity index (χ1n) is 5.90. The smallest absolute Gasteiger partial charge is 0.141 e. The molecular weight excluding hydrogens is 256 g/mol. The van der Waals surface area contributed by atoms with E-state index in [0.29, 0.717) is 5.52 Å². The minimum atomic E-state index is 0.182. The zero-order valence-corrected chi connectivity index (χ0v) is 11.2. The Morgan fingerprint density at radius 2 is 2.16 bits per heavy atom. The van der Waals surface area contributed by atoms with Gasteiger partial charge in [0.05, 0.1) is 5.69 Å². The molecule has 0 amide bonds. The highest BCUT2D eigenvalue weighted by Crippen LogP contribution is 2.30. The fraction of sp³-hybridized carbons (Fsp3) is 0.0667. The number of phenolic OH excluding ortho intramolecular Hbond substituents is 1. The Kier molecular flexibility index (Phi) is 3.01. The van der Waals surface area contributed by atoms with E-state index in [4.69, 9.17) is 0 Å². The first kappa shape index (κ1) is 11.9. The number of aromatic nitrogens is 1. The molecule has 0 unspecified atom stereocenters. The molecule has 0 saturated heterocycles. The highest BCUT2D eigenvalue weighted by atomic mass is 32.1. The van der Waals surface area contributed by atoms with Gasteiger partial charge in [0.25, 0.3) is 0 Å². The van der Waals surface area contributed by atoms with Crippen LogP contribution >= 0.6 is 11.3 Å². The van der Waals surface area contributed by atoms with Crippen molar-refractivity contribution in [3.8, 4) is 5.75 Å². The summed E-state index contributed by atoms with van der Waals surface area (Å²) in [4.78, 5) is 9.84. The van der Waals surface area contributed by atoms with E-state index >= 15 is 0 Å². The maximum Gasteiger partial charge on any atom is 0.141 e. The third-order valence-corrected chi connectivity index (χ3v) is 3.90. The third-order valence-electron chi connectivity index (χ3n) is 2.95. The second-order valence-corrected chi connectivity index (χ2v) is 5.18. The molecule has 2 heterocycles. The Bertz CT molecular complexity index is 762. The molecule has 4 heteroatoms. The molecule has 19 heavy (non-hydrogen) atoms. The number of hydrogen-bond acceptors (Lipinski definition) is 4. The van der Waals surface area contributed by atoms with Gasteiger partial charge in [-0.15, -0.1) is 11.3 Å². The van der Waals surface area contributed by atoms with Crippen molar-refractivity contribution in [3.63, 3.8) is 0 Å². The van der Waals surface area contributed by atoms with Crippen molar-refractivity contribution >= 4 is 34.1 Å². The van der Waals surface area contributed by atoms with Crippen LogP contribution in [0.1, 0.15) is 10.4 Å². The van der Waals surface area contributed by atoms with E-state index in [0.717, 1.165) is 16.0 Å². The van der Waals surface area contributed by atoms with Crippen LogP contribution in [0.5, 0.6) is 5.75 Å². The molecule has 3 nitrogen and oxygen atoms in total. The molecule has 0 fully saturated rings. The Morgan fingerprint density at radius 3 is 2.95 bits per heavy atom. The zero-order valence-electron chi connectivity index (χ0n) is 10.4. The summed E-state index contributed by atoms with van der Waals surface area (Å²) in [7, 11) is 0. The van der Waals surface area contributed by atoms with Crippen LogP contribution in [-0.2, 0) is 0 Å². The molecular formula is C15H12N2OS. The Balaban J connectivity index is 2.09. The van der Waals surface area contributed by atoms with Crippen LogP contribution in [0.4, 0.5) is 5.69 Å². The van der Waals surface area contributed by atoms with Crippen LogP contribution in [0, 0.1) is 6.92 Å². The van der Waals surface area contributed by atoms with Crippen LogP contribution in [-0.4, -0.2) is 16.3 Å². The molecule has 0 atom stereocenters. The van der Waals surface area contributed by atoms with Gasteiger partial charge in [0.2, 0.25) is 0 Å². The molecule has 0 spiro atoms. The van der Waals surface area contributed by atoms with Gasteiger partial charge in [-0.05, 0) is 48.2 Å². The summed E-state index contributed by atoms with van der Waals surface area (Å²) in [5.74, 6) is 0.182. The molecule has 0 aliphatic rings. The monoisotopic (exact) mass is 268 g/mol. The second-order valence-electron chi connectivity index (χ2n) is 4.23. The van der Waals surface area contributed by atoms with Gasteiger partial charge in [-0.25, -0.2) is 0 Å². The maximum atomic E-state index is 9.78. The molecule has 94 valence electrons. The van der Waals surface area contributed by atoms with Crippen LogP contribution in [0.25, 0.3) is 10.9 Å². The zero-order chi connectivity index (χ0) is 13.2. The standard InChI is InChI=1S/C15H12N2OS/c1-10-6-8-19-14(10)9-17-12-4-5-13(18)15-11(12)3-2-7-16-15/h2-9,18H,1H3. The van der Waals surface area contributed by atoms with Crippen molar-refractivity contribution < 1.29 is 5.11 Å². The van der Waals surface area contributed by atoms with Crippen molar-refractivity contribution in [2.24, 2.45) is 4.99 Å². The van der Waals surface area contributed by atoms with E-state index in [1.807, 2.05) is 23.7 Å². The summed E-state index contributed by atoms with van der Waals surface area (Å²) in [5.41, 5.74) is 2.61. The van der Waals surface area contributed by atoms with Crippen molar-refractivity contribution in [2.75, 3.05) is 0 Å². The fourth-order valence-corrected chi connectivity index (χ4v) is 2.69. The van der Waals surface area contributed by atoms with E-state index in [1.165, 1.54) is 5.56 Å². The van der Waals surface area contributed by atoms with E-state index in [1.54, 1.807) is 29.7 Å². The van der Waals surface area contributed by atoms with Crippen molar-refractivity contribution in [1.29, 1.82) is 0 Å². The van der Waals surface area contributed by atoms with E-state index in [9.17, 15) is 5.11 Å². The Morgan fingerprint density at radius 1 is 1.26 bits per heavy atom. The maximum absolute atomic E-state index is 9.78. The predicted molar refractivity (Wildman–Crippen MR) is 79.7 cm³/mol. The number of aliphatic imine (C=N–C) groups is 1. The first-order valence-corrected chi connectivity index (χ1v) is 6.78. The van der Waals surface area contributed by atoms with E-state index < -0.39 is 0 Å². The molecule has 0 bridgehead atoms. The number of rotatable bonds is 2. The normalized spacial score (nSPS) is 11.4. The summed E-state index contributed by atoms with van der Waals surface area (Å²) < 4.78 is 0. The lowest BCUT2D eigenvalue weighted by Gasteiger charge is -2.02. The lowest BCUT2D eigenvalue weighted by atomic mass is 10.1. The summed E-state index contributed by atoms with van der Waals surface area (Å²) in [6.07, 6.45) is 3.53. The van der Waals surface area contributed by atoms with Gasteiger partial charge in [-0.1, -0.05) is 0 Å². The molecule has 0 saturated carbocycles. The average molecular weight is 268 g/mol. The predicted octanol–water partition coefficient (Wildman–Crippen LogP) is 4.06. The van der Waals surface area contributed by atoms with Gasteiger partial charge in [-0.3, -0.25) is 9.98 Å². The van der Waals surface area contributed by atoms with Crippen molar-refractivity contribution in [1.82, 2.24) is 4.98 Å². The van der Waals surface area contributed by atoms with Gasteiger partial charge in [0, 0.05) is 22.7 Å². The largest absolute Gasteiger partial charge is 0.506 e. The number of thiophene rings is 1. The van der Waals surface area contributed by atoms with Gasteiger partial charge in [0.15, 0.2) is 0 Å². The van der Waals surface area contributed by atoms with E-state index in [-0.39, 0.29) is 5.75 Å². The second kappa shape index (κ2) is 4.82. The number of hydrogen-bond donors (Lipinski definition) is 1. The molecule has 1 aromatic carbocycles. The summed E-state index contributed by atoms with van der Waals surface area (Å²) in [6, 6.07) is 9.26. The Labute approximate surface area is 114 Å². The first-order chi connectivity index (χ1) is 9.25. The van der Waals surface area contributed by atoms with Crippen LogP contribution < -0.4 is 0 Å². The van der Waals surface area contributed by atoms with Crippen LogP contribution in [0.15, 0.2) is 46.9 Å². The third kappa shape index (κ3) is 2.22. The SMILES string of the molecule is Cc1ccsc1C=Nc1ccc(O)c2ncccc12. The molecule has 3 aromatic rings. The van der Waals surface area contributed by atoms with Crippen LogP contribution in [0.2, 0.25) is 0 Å². The summed E-state index contributed by atoms with van der Waals surface area (Å²) >= 11 is 1.66. The number of aryl methyl sites for hydroxylation is 1. The number of phenols is 1. The topological polar surface area (TPSA) is 45.5 Å². The van der Waals surface area contributed by atoms with Gasteiger partial charge < -0.3 is 5.11 Å². The molecule has 0 aliphatic carbocycles. The molecule has 0 radical (unpaired) electrons. The van der Waals surface area contributed by atoms with E-state index in [2.05, 4.69) is 23.0 Å². The minimum Gasteiger partial charge on any atom is -0.506 e. The highest BCUT2D eigenvalue weighted by molar-refractivity contribution is 7.11. The number of benzene rings is 1. The lowest BCUT2D eigenvalue weighted by molar-refractivity contribution is 0.480. The van der Waals surface area contributed by atoms with Gasteiger partial charge in [-0.2, -0.15) is 0 Å². The van der Waals surface area contributed by atoms with Crippen molar-refractivity contribution in [2.45, 2.75) is 6.92 Å². The number of fused-ring (bicyclic) bond motifs is 1. The number of pyridine rings is 1. The van der Waals surface area contributed by atoms with Gasteiger partial charge in [0.1, 0.15) is 11.3 Å². The van der Waals surface area contributed by atoms with Gasteiger partial charge >= 0.3 is 0 Å². The molecule has 0 aliphatic heterocycles. The lowest BCUT2D eigenvalue weighted by Crippen LogP contribution is -1.81. The summed E-state index contributed by atoms with van der Waals surface area (Å²) in [6.45, 7) is 2.06. The highest BCUT2D eigenvalue weighted by Gasteiger charge is 2.04. The summed E-state index contributed by atoms with van der Waals surface area (Å²) in [5, 5.41) is 12.7. The fourth-order valence-electron chi connectivity index (χ4n) is 1.90. The molecule has 2 aromatic heterocycles. The molecule has 1 N–H and O–H groups in total. The van der Waals surface area contributed by atoms with Crippen LogP contribution in [0.3, 0.4) is 0 Å². The number of aromatic hydroxyl groups is 1. The average Bonchev–Trinajstić information content (AvgIpc) is 2.84. The minimum absolute atomic E-state index is 0.182. The molecule has 3 rings (SSSR count).